The van der Waals surface area contributed by atoms with Gasteiger partial charge in [0.25, 0.3) is 5.69 Å². The molecule has 1 aromatic carbocycles. The molecule has 0 atom stereocenters. The van der Waals surface area contributed by atoms with E-state index >= 15 is 0 Å². The summed E-state index contributed by atoms with van der Waals surface area (Å²) in [6, 6.07) is 4.22. The van der Waals surface area contributed by atoms with Crippen LogP contribution in [0, 0.1) is 10.1 Å². The summed E-state index contributed by atoms with van der Waals surface area (Å²) in [6.45, 7) is 0.212. The fraction of sp³-hybridized carbons (Fsp3) is 0.222. The lowest BCUT2D eigenvalue weighted by Gasteiger charge is -2.05. The zero-order valence-corrected chi connectivity index (χ0v) is 9.27. The molecule has 0 bridgehead atoms. The summed E-state index contributed by atoms with van der Waals surface area (Å²) in [5, 5.41) is 10.5. The van der Waals surface area contributed by atoms with E-state index < -0.39 is 4.92 Å². The Balaban J connectivity index is 2.80. The van der Waals surface area contributed by atoms with Gasteiger partial charge in [0, 0.05) is 12.5 Å². The van der Waals surface area contributed by atoms with Gasteiger partial charge < -0.3 is 9.53 Å². The van der Waals surface area contributed by atoms with Crippen LogP contribution >= 0.6 is 15.9 Å². The number of carbonyl (C=O) groups is 1. The van der Waals surface area contributed by atoms with Crippen LogP contribution in [0.1, 0.15) is 6.42 Å². The van der Waals surface area contributed by atoms with Crippen molar-refractivity contribution in [3.05, 3.63) is 32.8 Å². The topological polar surface area (TPSA) is 69.4 Å². The molecule has 0 radical (unpaired) electrons. The van der Waals surface area contributed by atoms with Crippen LogP contribution in [-0.2, 0) is 4.79 Å². The van der Waals surface area contributed by atoms with Crippen molar-refractivity contribution in [3.63, 3.8) is 0 Å². The van der Waals surface area contributed by atoms with Gasteiger partial charge in [-0.15, -0.1) is 0 Å². The van der Waals surface area contributed by atoms with Crippen LogP contribution in [0.2, 0.25) is 0 Å². The van der Waals surface area contributed by atoms with Gasteiger partial charge in [0.05, 0.1) is 22.1 Å². The minimum atomic E-state index is -0.501. The predicted octanol–water partition coefficient (Wildman–Crippen LogP) is 2.33. The van der Waals surface area contributed by atoms with Gasteiger partial charge in [-0.1, -0.05) is 0 Å². The van der Waals surface area contributed by atoms with E-state index in [-0.39, 0.29) is 18.7 Å². The van der Waals surface area contributed by atoms with Crippen LogP contribution in [0.5, 0.6) is 5.75 Å². The zero-order chi connectivity index (χ0) is 11.3. The lowest BCUT2D eigenvalue weighted by molar-refractivity contribution is -0.385. The quantitative estimate of drug-likeness (QED) is 0.357. The van der Waals surface area contributed by atoms with E-state index in [0.29, 0.717) is 10.2 Å². The van der Waals surface area contributed by atoms with E-state index in [1.165, 1.54) is 18.2 Å². The average molecular weight is 274 g/mol. The first-order valence-electron chi connectivity index (χ1n) is 4.15. The van der Waals surface area contributed by atoms with Gasteiger partial charge >= 0.3 is 0 Å². The van der Waals surface area contributed by atoms with Crippen molar-refractivity contribution in [1.82, 2.24) is 0 Å². The maximum Gasteiger partial charge on any atom is 0.273 e. The second-order valence-electron chi connectivity index (χ2n) is 2.68. The number of nitrogens with zero attached hydrogens (tertiary/aromatic N) is 1. The highest BCUT2D eigenvalue weighted by atomic mass is 79.9. The first-order valence-corrected chi connectivity index (χ1v) is 4.95. The smallest absolute Gasteiger partial charge is 0.273 e. The second-order valence-corrected chi connectivity index (χ2v) is 3.53. The van der Waals surface area contributed by atoms with E-state index in [1.54, 1.807) is 0 Å². The lowest BCUT2D eigenvalue weighted by Crippen LogP contribution is -1.99. The highest BCUT2D eigenvalue weighted by molar-refractivity contribution is 9.10. The SMILES string of the molecule is O=CCCOc1cc([N+](=O)[O-])ccc1Br. The molecule has 0 saturated heterocycles. The molecule has 80 valence electrons. The van der Waals surface area contributed by atoms with Gasteiger partial charge in [-0.3, -0.25) is 10.1 Å². The largest absolute Gasteiger partial charge is 0.492 e. The number of hydrogen-bond acceptors (Lipinski definition) is 4. The molecule has 0 aliphatic rings. The van der Waals surface area contributed by atoms with Crippen molar-refractivity contribution < 1.29 is 14.5 Å². The maximum absolute atomic E-state index is 10.5. The third-order valence-electron chi connectivity index (χ3n) is 1.62. The highest BCUT2D eigenvalue weighted by Gasteiger charge is 2.09. The number of aldehydes is 1. The molecule has 0 aliphatic heterocycles. The maximum atomic E-state index is 10.5. The van der Waals surface area contributed by atoms with Gasteiger partial charge in [-0.25, -0.2) is 0 Å². The molecule has 5 nitrogen and oxygen atoms in total. The molecule has 0 spiro atoms. The van der Waals surface area contributed by atoms with Crippen molar-refractivity contribution in [2.45, 2.75) is 6.42 Å². The molecule has 0 aromatic heterocycles. The molecule has 0 fully saturated rings. The van der Waals surface area contributed by atoms with Crippen molar-refractivity contribution in [2.75, 3.05) is 6.61 Å². The Bertz CT molecular complexity index is 380. The van der Waals surface area contributed by atoms with E-state index in [0.717, 1.165) is 6.29 Å². The number of benzene rings is 1. The Labute approximate surface area is 94.3 Å². The van der Waals surface area contributed by atoms with Crippen molar-refractivity contribution in [2.24, 2.45) is 0 Å². The van der Waals surface area contributed by atoms with Crippen LogP contribution in [0.15, 0.2) is 22.7 Å². The number of nitro benzene ring substituents is 1. The third-order valence-corrected chi connectivity index (χ3v) is 2.27. The summed E-state index contributed by atoms with van der Waals surface area (Å²) in [4.78, 5) is 20.0. The highest BCUT2D eigenvalue weighted by Crippen LogP contribution is 2.29. The fourth-order valence-corrected chi connectivity index (χ4v) is 1.29. The minimum absolute atomic E-state index is 0.0423. The van der Waals surface area contributed by atoms with E-state index in [2.05, 4.69) is 15.9 Å². The minimum Gasteiger partial charge on any atom is -0.492 e. The molecule has 1 aromatic rings. The number of non-ortho nitro benzene ring substituents is 1. The van der Waals surface area contributed by atoms with Crippen LogP contribution in [-0.4, -0.2) is 17.8 Å². The summed E-state index contributed by atoms with van der Waals surface area (Å²) in [5.74, 6) is 0.367. The Hall–Kier alpha value is -1.43. The molecule has 1 rings (SSSR count). The van der Waals surface area contributed by atoms with Gasteiger partial charge in [0.1, 0.15) is 12.0 Å². The molecule has 15 heavy (non-hydrogen) atoms. The molecule has 0 amide bonds. The third kappa shape index (κ3) is 3.32. The molecule has 6 heteroatoms. The fourth-order valence-electron chi connectivity index (χ4n) is 0.933. The Morgan fingerprint density at radius 3 is 2.87 bits per heavy atom. The Morgan fingerprint density at radius 2 is 2.27 bits per heavy atom. The molecule has 0 N–H and O–H groups in total. The first-order chi connectivity index (χ1) is 7.15. The van der Waals surface area contributed by atoms with Crippen molar-refractivity contribution in [1.29, 1.82) is 0 Å². The van der Waals surface area contributed by atoms with Crippen molar-refractivity contribution in [3.8, 4) is 5.75 Å². The molecule has 0 heterocycles. The number of rotatable bonds is 5. The lowest BCUT2D eigenvalue weighted by atomic mass is 10.3. The molecule has 0 aliphatic carbocycles. The van der Waals surface area contributed by atoms with Gasteiger partial charge in [0.2, 0.25) is 0 Å². The number of hydrogen-bond donors (Lipinski definition) is 0. The van der Waals surface area contributed by atoms with Gasteiger partial charge in [0.15, 0.2) is 0 Å². The van der Waals surface area contributed by atoms with E-state index in [9.17, 15) is 14.9 Å². The van der Waals surface area contributed by atoms with Crippen LogP contribution in [0.4, 0.5) is 5.69 Å². The summed E-state index contributed by atoms with van der Waals surface area (Å²) in [7, 11) is 0. The van der Waals surface area contributed by atoms with Crippen LogP contribution in [0.3, 0.4) is 0 Å². The summed E-state index contributed by atoms with van der Waals surface area (Å²) < 4.78 is 5.81. The summed E-state index contributed by atoms with van der Waals surface area (Å²) in [5.41, 5.74) is -0.0423. The molecule has 0 unspecified atom stereocenters. The monoisotopic (exact) mass is 273 g/mol. The number of nitro groups is 1. The normalized spacial score (nSPS) is 9.67. The van der Waals surface area contributed by atoms with Gasteiger partial charge in [-0.2, -0.15) is 0 Å². The zero-order valence-electron chi connectivity index (χ0n) is 7.68. The van der Waals surface area contributed by atoms with Crippen molar-refractivity contribution >= 4 is 27.9 Å². The Morgan fingerprint density at radius 1 is 1.53 bits per heavy atom. The average Bonchev–Trinajstić information content (AvgIpc) is 2.20. The number of carbonyl (C=O) groups excluding carboxylic acids is 1. The number of ether oxygens (including phenoxy) is 1. The first kappa shape index (κ1) is 11.6. The summed E-state index contributed by atoms with van der Waals surface area (Å²) in [6.07, 6.45) is 0.986. The predicted molar refractivity (Wildman–Crippen MR) is 57.0 cm³/mol. The van der Waals surface area contributed by atoms with Gasteiger partial charge in [-0.05, 0) is 22.0 Å². The second kappa shape index (κ2) is 5.45. The van der Waals surface area contributed by atoms with E-state index in [4.69, 9.17) is 4.74 Å². The van der Waals surface area contributed by atoms with E-state index in [1.807, 2.05) is 0 Å². The number of halogens is 1. The molecule has 0 saturated carbocycles. The standard InChI is InChI=1S/C9H8BrNO4/c10-8-3-2-7(11(13)14)6-9(8)15-5-1-4-12/h2-4,6H,1,5H2. The molecular weight excluding hydrogens is 266 g/mol. The molecular formula is C9H8BrNO4. The van der Waals surface area contributed by atoms with Crippen LogP contribution < -0.4 is 4.74 Å². The summed E-state index contributed by atoms with van der Waals surface area (Å²) >= 11 is 3.20. The van der Waals surface area contributed by atoms with Crippen LogP contribution in [0.25, 0.3) is 0 Å². The Kier molecular flexibility index (Phi) is 4.23.